The number of ketones is 1. The average Bonchev–Trinajstić information content (AvgIpc) is 2.19. The molecule has 0 aromatic carbocycles. The van der Waals surface area contributed by atoms with Crippen LogP contribution in [0, 0.1) is 0 Å². The van der Waals surface area contributed by atoms with Crippen molar-refractivity contribution in [1.82, 2.24) is 5.32 Å². The highest BCUT2D eigenvalue weighted by Crippen LogP contribution is 1.85. The van der Waals surface area contributed by atoms with Gasteiger partial charge < -0.3 is 14.8 Å². The molecule has 6 heteroatoms. The van der Waals surface area contributed by atoms with Crippen LogP contribution in [-0.4, -0.2) is 44.0 Å². The van der Waals surface area contributed by atoms with Gasteiger partial charge in [0.15, 0.2) is 5.78 Å². The topological polar surface area (TPSA) is 81.7 Å². The highest BCUT2D eigenvalue weighted by Gasteiger charge is 2.03. The average molecular weight is 231 g/mol. The van der Waals surface area contributed by atoms with Gasteiger partial charge >= 0.3 is 11.9 Å². The van der Waals surface area contributed by atoms with Crippen LogP contribution in [0.2, 0.25) is 0 Å². The summed E-state index contributed by atoms with van der Waals surface area (Å²) in [5.74, 6) is -0.936. The smallest absolute Gasteiger partial charge is 0.307 e. The molecule has 16 heavy (non-hydrogen) atoms. The monoisotopic (exact) mass is 231 g/mol. The van der Waals surface area contributed by atoms with Crippen LogP contribution in [0.4, 0.5) is 0 Å². The molecule has 0 fully saturated rings. The van der Waals surface area contributed by atoms with Crippen LogP contribution in [0.15, 0.2) is 0 Å². The molecule has 0 radical (unpaired) electrons. The van der Waals surface area contributed by atoms with Crippen LogP contribution in [0.25, 0.3) is 0 Å². The molecule has 0 saturated carbocycles. The van der Waals surface area contributed by atoms with E-state index in [1.807, 2.05) is 0 Å². The van der Waals surface area contributed by atoms with Crippen molar-refractivity contribution in [3.63, 3.8) is 0 Å². The molecule has 0 saturated heterocycles. The molecule has 0 aliphatic rings. The third-order valence-corrected chi connectivity index (χ3v) is 1.53. The molecule has 0 spiro atoms. The van der Waals surface area contributed by atoms with Gasteiger partial charge in [-0.2, -0.15) is 0 Å². The second-order valence-corrected chi connectivity index (χ2v) is 3.20. The lowest BCUT2D eigenvalue weighted by Gasteiger charge is -2.05. The Kier molecular flexibility index (Phi) is 8.05. The Balaban J connectivity index is 3.27. The second-order valence-electron chi connectivity index (χ2n) is 3.20. The summed E-state index contributed by atoms with van der Waals surface area (Å²) in [6.45, 7) is 3.70. The number of carbonyl (C=O) groups excluding carboxylic acids is 3. The third-order valence-electron chi connectivity index (χ3n) is 1.53. The van der Waals surface area contributed by atoms with E-state index in [0.717, 1.165) is 0 Å². The fraction of sp³-hybridized carbons (Fsp3) is 0.700. The first-order chi connectivity index (χ1) is 7.52. The number of Topliss-reactive ketones (excluding diaryl/α,β-unsaturated/α-hetero) is 1. The van der Waals surface area contributed by atoms with Gasteiger partial charge in [0.2, 0.25) is 0 Å². The van der Waals surface area contributed by atoms with Crippen molar-refractivity contribution in [2.24, 2.45) is 0 Å². The maximum Gasteiger partial charge on any atom is 0.307 e. The largest absolute Gasteiger partial charge is 0.465 e. The van der Waals surface area contributed by atoms with Crippen molar-refractivity contribution in [1.29, 1.82) is 0 Å². The summed E-state index contributed by atoms with van der Waals surface area (Å²) in [5.41, 5.74) is 0. The summed E-state index contributed by atoms with van der Waals surface area (Å²) in [4.78, 5) is 31.9. The Bertz CT molecular complexity index is 252. The Morgan fingerprint density at radius 2 is 1.75 bits per heavy atom. The van der Waals surface area contributed by atoms with Crippen molar-refractivity contribution in [3.05, 3.63) is 0 Å². The molecular weight excluding hydrogens is 214 g/mol. The van der Waals surface area contributed by atoms with Gasteiger partial charge in [-0.1, -0.05) is 0 Å². The lowest BCUT2D eigenvalue weighted by molar-refractivity contribution is -0.147. The van der Waals surface area contributed by atoms with Crippen molar-refractivity contribution in [3.8, 4) is 0 Å². The zero-order valence-electron chi connectivity index (χ0n) is 9.58. The van der Waals surface area contributed by atoms with E-state index in [-0.39, 0.29) is 31.4 Å². The van der Waals surface area contributed by atoms with Gasteiger partial charge in [0, 0.05) is 20.0 Å². The van der Waals surface area contributed by atoms with E-state index in [1.165, 1.54) is 13.8 Å². The molecule has 0 aromatic heterocycles. The maximum absolute atomic E-state index is 11.0. The minimum Gasteiger partial charge on any atom is -0.465 e. The molecule has 0 unspecified atom stereocenters. The molecule has 0 amide bonds. The molecule has 0 rings (SSSR count). The fourth-order valence-corrected chi connectivity index (χ4v) is 0.837. The van der Waals surface area contributed by atoms with Crippen molar-refractivity contribution >= 4 is 17.7 Å². The molecule has 92 valence electrons. The zero-order chi connectivity index (χ0) is 12.4. The number of esters is 2. The quantitative estimate of drug-likeness (QED) is 0.454. The Hall–Kier alpha value is -1.43. The highest BCUT2D eigenvalue weighted by atomic mass is 16.5. The molecule has 6 nitrogen and oxygen atoms in total. The van der Waals surface area contributed by atoms with Gasteiger partial charge in [0.25, 0.3) is 0 Å². The van der Waals surface area contributed by atoms with E-state index in [4.69, 9.17) is 0 Å². The Morgan fingerprint density at radius 1 is 1.06 bits per heavy atom. The van der Waals surface area contributed by atoms with Crippen LogP contribution in [0.5, 0.6) is 0 Å². The minimum absolute atomic E-state index is 0.174. The van der Waals surface area contributed by atoms with Crippen LogP contribution in [0.3, 0.4) is 0 Å². The van der Waals surface area contributed by atoms with Crippen LogP contribution >= 0.6 is 0 Å². The first kappa shape index (κ1) is 14.6. The lowest BCUT2D eigenvalue weighted by Crippen LogP contribution is -2.24. The molecule has 0 aromatic rings. The molecule has 0 aliphatic carbocycles. The standard InChI is InChI=1S/C10H17NO5/c1-8(12)7-16-10(14)3-4-11-5-6-15-9(2)13/h11H,3-7H2,1-2H3. The Morgan fingerprint density at radius 3 is 2.31 bits per heavy atom. The summed E-state index contributed by atoms with van der Waals surface area (Å²) >= 11 is 0. The number of nitrogens with one attached hydrogen (secondary N) is 1. The summed E-state index contributed by atoms with van der Waals surface area (Å²) < 4.78 is 9.30. The lowest BCUT2D eigenvalue weighted by atomic mass is 10.4. The summed E-state index contributed by atoms with van der Waals surface area (Å²) in [5, 5.41) is 2.90. The van der Waals surface area contributed by atoms with Crippen molar-refractivity contribution in [2.45, 2.75) is 20.3 Å². The van der Waals surface area contributed by atoms with Crippen LogP contribution < -0.4 is 5.32 Å². The van der Waals surface area contributed by atoms with Crippen molar-refractivity contribution < 1.29 is 23.9 Å². The highest BCUT2D eigenvalue weighted by molar-refractivity contribution is 5.80. The van der Waals surface area contributed by atoms with Gasteiger partial charge in [0.1, 0.15) is 13.2 Å². The normalized spacial score (nSPS) is 9.62. The van der Waals surface area contributed by atoms with E-state index in [0.29, 0.717) is 13.1 Å². The summed E-state index contributed by atoms with van der Waals surface area (Å²) in [6.07, 6.45) is 0.188. The van der Waals surface area contributed by atoms with E-state index >= 15 is 0 Å². The minimum atomic E-state index is -0.421. The molecule has 1 N–H and O–H groups in total. The number of carbonyl (C=O) groups is 3. The van der Waals surface area contributed by atoms with E-state index in [1.54, 1.807) is 0 Å². The summed E-state index contributed by atoms with van der Waals surface area (Å²) in [7, 11) is 0. The first-order valence-electron chi connectivity index (χ1n) is 5.01. The molecule has 0 aliphatic heterocycles. The van der Waals surface area contributed by atoms with E-state index < -0.39 is 5.97 Å². The second kappa shape index (κ2) is 8.84. The van der Waals surface area contributed by atoms with Crippen LogP contribution in [-0.2, 0) is 23.9 Å². The maximum atomic E-state index is 11.0. The van der Waals surface area contributed by atoms with Gasteiger partial charge in [-0.3, -0.25) is 14.4 Å². The number of rotatable bonds is 8. The summed E-state index contributed by atoms with van der Waals surface area (Å²) in [6, 6.07) is 0. The molecule has 0 bridgehead atoms. The Labute approximate surface area is 94.3 Å². The van der Waals surface area contributed by atoms with Gasteiger partial charge in [0.05, 0.1) is 6.42 Å². The number of hydrogen-bond donors (Lipinski definition) is 1. The van der Waals surface area contributed by atoms with E-state index in [9.17, 15) is 14.4 Å². The number of ether oxygens (including phenoxy) is 2. The van der Waals surface area contributed by atoms with Crippen LogP contribution in [0.1, 0.15) is 20.3 Å². The molecular formula is C10H17NO5. The van der Waals surface area contributed by atoms with Gasteiger partial charge in [-0.15, -0.1) is 0 Å². The van der Waals surface area contributed by atoms with E-state index in [2.05, 4.69) is 14.8 Å². The predicted octanol–water partition coefficient (Wildman–Crippen LogP) is -0.339. The zero-order valence-corrected chi connectivity index (χ0v) is 9.58. The van der Waals surface area contributed by atoms with Gasteiger partial charge in [-0.05, 0) is 6.92 Å². The predicted molar refractivity (Wildman–Crippen MR) is 55.8 cm³/mol. The molecule has 0 atom stereocenters. The SMILES string of the molecule is CC(=O)COC(=O)CCNCCOC(C)=O. The van der Waals surface area contributed by atoms with Crippen molar-refractivity contribution in [2.75, 3.05) is 26.3 Å². The first-order valence-corrected chi connectivity index (χ1v) is 5.01. The third kappa shape index (κ3) is 10.6. The van der Waals surface area contributed by atoms with Gasteiger partial charge in [-0.25, -0.2) is 0 Å². The fourth-order valence-electron chi connectivity index (χ4n) is 0.837. The number of hydrogen-bond acceptors (Lipinski definition) is 6. The molecule has 0 heterocycles.